The maximum absolute atomic E-state index is 6.36. The second kappa shape index (κ2) is 4.23. The average Bonchev–Trinajstić information content (AvgIpc) is 3.18. The van der Waals surface area contributed by atoms with Crippen LogP contribution in [-0.2, 0) is 0 Å². The molecule has 6 rings (SSSR count). The van der Waals surface area contributed by atoms with E-state index in [1.54, 1.807) is 18.2 Å². The van der Waals surface area contributed by atoms with Crippen molar-refractivity contribution >= 4 is 8.09 Å². The van der Waals surface area contributed by atoms with Gasteiger partial charge >= 0.3 is 161 Å². The van der Waals surface area contributed by atoms with Gasteiger partial charge in [0.15, 0.2) is 0 Å². The molecule has 3 aliphatic rings. The van der Waals surface area contributed by atoms with Crippen LogP contribution in [0.4, 0.5) is 0 Å². The first-order valence-electron chi connectivity index (χ1n) is 9.16. The van der Waals surface area contributed by atoms with E-state index < -0.39 is 8.09 Å². The minimum absolute atomic E-state index is 0.448. The fourth-order valence-corrected chi connectivity index (χ4v) is 8.30. The van der Waals surface area contributed by atoms with Crippen molar-refractivity contribution in [3.63, 3.8) is 0 Å². The molecule has 144 valence electrons. The van der Waals surface area contributed by atoms with Gasteiger partial charge in [0.05, 0.1) is 0 Å². The van der Waals surface area contributed by atoms with Gasteiger partial charge in [-0.15, -0.1) is 0 Å². The Morgan fingerprint density at radius 2 is 0.714 bits per heavy atom. The van der Waals surface area contributed by atoms with E-state index in [2.05, 4.69) is 0 Å². The Morgan fingerprint density at radius 3 is 1.04 bits per heavy atom. The van der Waals surface area contributed by atoms with E-state index in [4.69, 9.17) is 26.6 Å². The van der Waals surface area contributed by atoms with Crippen LogP contribution in [0.1, 0.15) is 16.7 Å². The van der Waals surface area contributed by atoms with Crippen molar-refractivity contribution in [1.82, 2.24) is 0 Å². The predicted molar refractivity (Wildman–Crippen MR) is 103 cm³/mol. The van der Waals surface area contributed by atoms with Gasteiger partial charge in [-0.2, -0.15) is 0 Å². The topological polar surface area (TPSA) is 55.4 Å². The maximum atomic E-state index is 6.36. The van der Waals surface area contributed by atoms with Gasteiger partial charge in [-0.25, -0.2) is 0 Å². The Kier molecular flexibility index (Phi) is 2.37. The molecule has 0 fully saturated rings. The fraction of sp³-hybridized carbons (Fsp3) is 0.143. The predicted octanol–water partition coefficient (Wildman–Crippen LogP) is 4.66. The summed E-state index contributed by atoms with van der Waals surface area (Å²) < 4.78 is 38.1. The quantitative estimate of drug-likeness (QED) is 0.517. The first-order valence-corrected chi connectivity index (χ1v) is 11.6. The molecule has 0 unspecified atom stereocenters. The molecule has 6 nitrogen and oxygen atoms in total. The second-order valence-corrected chi connectivity index (χ2v) is 11.4. The number of fused-ring (bicyclic) bond motifs is 3. The van der Waals surface area contributed by atoms with Crippen LogP contribution in [0.15, 0.2) is 54.6 Å². The summed E-state index contributed by atoms with van der Waals surface area (Å²) in [5, 5.41) is 0. The zero-order valence-corrected chi connectivity index (χ0v) is 16.6. The third kappa shape index (κ3) is 1.77. The van der Waals surface area contributed by atoms with E-state index in [1.807, 2.05) is 57.2 Å². The zero-order valence-electron chi connectivity index (χ0n) is 15.6. The van der Waals surface area contributed by atoms with E-state index in [1.165, 1.54) is 0 Å². The molecule has 0 saturated carbocycles. The molecule has 0 saturated heterocycles. The van der Waals surface area contributed by atoms with Gasteiger partial charge in [-0.05, 0) is 0 Å². The van der Waals surface area contributed by atoms with Crippen LogP contribution >= 0.6 is 0 Å². The molecule has 0 aliphatic carbocycles. The number of rotatable bonds is 0. The average molecular weight is 394 g/mol. The van der Waals surface area contributed by atoms with Gasteiger partial charge in [-0.1, -0.05) is 0 Å². The molecular formula is C21H18O6Si-2. The first kappa shape index (κ1) is 15.7. The standard InChI is InChI=1S/C21H18O6Si/c1-13-4-7-16-19(10-13)25-28(22-16,23-17-8-5-14(2)11-20(17)26-28)24-18-9-6-15(3)12-21(18)27-28/h4-12H,1-3H3/q-2. The van der Waals surface area contributed by atoms with Crippen molar-refractivity contribution in [1.29, 1.82) is 0 Å². The van der Waals surface area contributed by atoms with Gasteiger partial charge in [0.1, 0.15) is 0 Å². The SMILES string of the molecule is Cc1ccc2c(c1)O[Si-2]13(O2)(Oc2ccc(C)cc2O1)Oc1ccc(C)cc1O3. The van der Waals surface area contributed by atoms with E-state index in [-0.39, 0.29) is 0 Å². The van der Waals surface area contributed by atoms with Gasteiger partial charge < -0.3 is 0 Å². The minimum atomic E-state index is -5.93. The monoisotopic (exact) mass is 394 g/mol. The van der Waals surface area contributed by atoms with Crippen molar-refractivity contribution in [2.75, 3.05) is 0 Å². The summed E-state index contributed by atoms with van der Waals surface area (Å²) in [6, 6.07) is 16.7. The van der Waals surface area contributed by atoms with E-state index in [9.17, 15) is 0 Å². The molecule has 0 radical (unpaired) electrons. The molecule has 3 aromatic rings. The molecule has 0 bridgehead atoms. The summed E-state index contributed by atoms with van der Waals surface area (Å²) in [5.41, 5.74) is 3.00. The molecule has 3 aliphatic heterocycles. The van der Waals surface area contributed by atoms with Crippen molar-refractivity contribution in [3.8, 4) is 34.5 Å². The normalized spacial score (nSPS) is 22.4. The summed E-state index contributed by atoms with van der Waals surface area (Å²) in [6.45, 7) is 5.89. The van der Waals surface area contributed by atoms with Crippen LogP contribution < -0.4 is 26.6 Å². The van der Waals surface area contributed by atoms with E-state index in [0.717, 1.165) is 16.7 Å². The fourth-order valence-electron chi connectivity index (χ4n) is 4.00. The van der Waals surface area contributed by atoms with Crippen LogP contribution in [0.5, 0.6) is 34.5 Å². The van der Waals surface area contributed by atoms with Gasteiger partial charge in [0.25, 0.3) is 0 Å². The summed E-state index contributed by atoms with van der Waals surface area (Å²) >= 11 is 0. The molecule has 0 amide bonds. The number of hydrogen-bond acceptors (Lipinski definition) is 6. The third-order valence-electron chi connectivity index (χ3n) is 5.21. The van der Waals surface area contributed by atoms with Crippen LogP contribution in [0.2, 0.25) is 0 Å². The van der Waals surface area contributed by atoms with Crippen molar-refractivity contribution in [2.24, 2.45) is 0 Å². The van der Waals surface area contributed by atoms with E-state index >= 15 is 0 Å². The molecule has 28 heavy (non-hydrogen) atoms. The zero-order chi connectivity index (χ0) is 19.2. The molecule has 3 heterocycles. The van der Waals surface area contributed by atoms with Crippen LogP contribution in [0.3, 0.4) is 0 Å². The Morgan fingerprint density at radius 1 is 0.429 bits per heavy atom. The number of aryl methyl sites for hydroxylation is 3. The summed E-state index contributed by atoms with van der Waals surface area (Å²) in [7, 11) is -5.93. The van der Waals surface area contributed by atoms with Crippen LogP contribution in [0, 0.1) is 20.8 Å². The van der Waals surface area contributed by atoms with Crippen molar-refractivity contribution in [3.05, 3.63) is 71.3 Å². The van der Waals surface area contributed by atoms with Gasteiger partial charge in [0, 0.05) is 0 Å². The van der Waals surface area contributed by atoms with E-state index in [0.29, 0.717) is 34.5 Å². The van der Waals surface area contributed by atoms with Crippen LogP contribution in [0.25, 0.3) is 0 Å². The molecule has 3 aromatic carbocycles. The van der Waals surface area contributed by atoms with Crippen molar-refractivity contribution < 1.29 is 26.6 Å². The number of hydrogen-bond donors (Lipinski definition) is 0. The van der Waals surface area contributed by atoms with Gasteiger partial charge in [-0.3, -0.25) is 0 Å². The summed E-state index contributed by atoms with van der Waals surface area (Å²) in [4.78, 5) is 0. The van der Waals surface area contributed by atoms with Crippen molar-refractivity contribution in [2.45, 2.75) is 20.8 Å². The summed E-state index contributed by atoms with van der Waals surface area (Å²) in [6.07, 6.45) is 0. The molecule has 1 spiro atoms. The Hall–Kier alpha value is -3.32. The second-order valence-electron chi connectivity index (χ2n) is 7.71. The molecule has 7 heteroatoms. The van der Waals surface area contributed by atoms with Crippen LogP contribution in [-0.4, -0.2) is 8.09 Å². The Bertz CT molecular complexity index is 1060. The van der Waals surface area contributed by atoms with Gasteiger partial charge in [0.2, 0.25) is 0 Å². The Labute approximate surface area is 161 Å². The molecule has 0 atom stereocenters. The Balaban J connectivity index is 1.61. The molecule has 0 N–H and O–H groups in total. The third-order valence-corrected chi connectivity index (χ3v) is 9.03. The first-order chi connectivity index (χ1) is 13.3. The summed E-state index contributed by atoms with van der Waals surface area (Å²) in [5.74, 6) is 2.72. The molecule has 0 aromatic heterocycles. The number of benzene rings is 3. The molecular weight excluding hydrogens is 376 g/mol.